The van der Waals surface area contributed by atoms with Crippen LogP contribution in [0, 0.1) is 17.1 Å². The van der Waals surface area contributed by atoms with Gasteiger partial charge in [0.25, 0.3) is 5.56 Å². The van der Waals surface area contributed by atoms with Crippen LogP contribution in [0.1, 0.15) is 16.7 Å². The van der Waals surface area contributed by atoms with E-state index in [-0.39, 0.29) is 17.7 Å². The molecule has 2 aromatic rings. The molecule has 0 radical (unpaired) electrons. The molecule has 0 bridgehead atoms. The van der Waals surface area contributed by atoms with Crippen LogP contribution < -0.4 is 5.56 Å². The van der Waals surface area contributed by atoms with Gasteiger partial charge in [0.15, 0.2) is 0 Å². The average molecular weight is 296 g/mol. The quantitative estimate of drug-likeness (QED) is 0.800. The van der Waals surface area contributed by atoms with Crippen LogP contribution in [0.25, 0.3) is 0 Å². The Kier molecular flexibility index (Phi) is 3.80. The second-order valence-corrected chi connectivity index (χ2v) is 4.34. The molecule has 0 unspecified atom stereocenters. The molecule has 1 aromatic carbocycles. The number of pyridine rings is 1. The zero-order valence-corrected chi connectivity index (χ0v) is 10.5. The highest BCUT2D eigenvalue weighted by molar-refractivity contribution is 5.34. The van der Waals surface area contributed by atoms with Crippen molar-refractivity contribution in [3.05, 3.63) is 69.4 Å². The van der Waals surface area contributed by atoms with E-state index in [1.165, 1.54) is 6.07 Å². The first kappa shape index (κ1) is 14.8. The van der Waals surface area contributed by atoms with E-state index < -0.39 is 23.1 Å². The Morgan fingerprint density at radius 2 is 1.90 bits per heavy atom. The Morgan fingerprint density at radius 1 is 1.19 bits per heavy atom. The lowest BCUT2D eigenvalue weighted by atomic mass is 10.1. The second-order valence-electron chi connectivity index (χ2n) is 4.34. The number of benzene rings is 1. The molecule has 0 amide bonds. The van der Waals surface area contributed by atoms with E-state index in [0.29, 0.717) is 12.3 Å². The summed E-state index contributed by atoms with van der Waals surface area (Å²) < 4.78 is 51.9. The summed E-state index contributed by atoms with van der Waals surface area (Å²) in [7, 11) is 0. The second kappa shape index (κ2) is 5.40. The number of hydrogen-bond acceptors (Lipinski definition) is 2. The molecular formula is C14H8F4N2O. The number of nitrogens with zero attached hydrogens (tertiary/aromatic N) is 2. The van der Waals surface area contributed by atoms with Crippen LogP contribution in [-0.4, -0.2) is 4.57 Å². The normalized spacial score (nSPS) is 11.2. The van der Waals surface area contributed by atoms with Crippen molar-refractivity contribution in [3.8, 4) is 6.07 Å². The number of alkyl halides is 3. The fourth-order valence-corrected chi connectivity index (χ4v) is 1.83. The molecule has 1 heterocycles. The van der Waals surface area contributed by atoms with Gasteiger partial charge >= 0.3 is 6.18 Å². The maximum Gasteiger partial charge on any atom is 0.417 e. The summed E-state index contributed by atoms with van der Waals surface area (Å²) >= 11 is 0. The third-order valence-electron chi connectivity index (χ3n) is 2.75. The standard InChI is InChI=1S/C14H8F4N2O/c15-12-4-9(6-19)3-10(5-12)7-20-8-11(14(16,17)18)1-2-13(20)21/h1-5,8H,7H2. The van der Waals surface area contributed by atoms with Gasteiger partial charge < -0.3 is 4.57 Å². The maximum atomic E-state index is 13.3. The minimum absolute atomic E-state index is 0.0324. The molecule has 0 spiro atoms. The highest BCUT2D eigenvalue weighted by Gasteiger charge is 2.31. The van der Waals surface area contributed by atoms with Gasteiger partial charge in [-0.05, 0) is 29.8 Å². The van der Waals surface area contributed by atoms with Gasteiger partial charge in [-0.25, -0.2) is 4.39 Å². The van der Waals surface area contributed by atoms with Crippen LogP contribution in [0.4, 0.5) is 17.6 Å². The van der Waals surface area contributed by atoms with Gasteiger partial charge in [0.1, 0.15) is 5.82 Å². The first-order valence-electron chi connectivity index (χ1n) is 5.77. The van der Waals surface area contributed by atoms with Crippen molar-refractivity contribution in [1.29, 1.82) is 5.26 Å². The predicted octanol–water partition coefficient (Wildman–Crippen LogP) is 2.93. The summed E-state index contributed by atoms with van der Waals surface area (Å²) in [5.74, 6) is -0.691. The Labute approximate surface area is 116 Å². The average Bonchev–Trinajstić information content (AvgIpc) is 2.39. The third kappa shape index (κ3) is 3.48. The van der Waals surface area contributed by atoms with Crippen LogP contribution in [-0.2, 0) is 12.7 Å². The van der Waals surface area contributed by atoms with Crippen LogP contribution in [0.2, 0.25) is 0 Å². The van der Waals surface area contributed by atoms with Gasteiger partial charge in [-0.3, -0.25) is 4.79 Å². The zero-order valence-electron chi connectivity index (χ0n) is 10.5. The van der Waals surface area contributed by atoms with Gasteiger partial charge in [0.2, 0.25) is 0 Å². The number of halogens is 4. The molecule has 108 valence electrons. The Morgan fingerprint density at radius 3 is 2.52 bits per heavy atom. The zero-order chi connectivity index (χ0) is 15.6. The molecule has 7 heteroatoms. The topological polar surface area (TPSA) is 45.8 Å². The van der Waals surface area contributed by atoms with Crippen molar-refractivity contribution in [1.82, 2.24) is 4.57 Å². The Balaban J connectivity index is 2.42. The van der Waals surface area contributed by atoms with Crippen molar-refractivity contribution in [3.63, 3.8) is 0 Å². The van der Waals surface area contributed by atoms with Crippen molar-refractivity contribution < 1.29 is 17.6 Å². The van der Waals surface area contributed by atoms with E-state index in [1.54, 1.807) is 6.07 Å². The SMILES string of the molecule is N#Cc1cc(F)cc(Cn2cc(C(F)(F)F)ccc2=O)c1. The number of rotatable bonds is 2. The number of nitriles is 1. The minimum Gasteiger partial charge on any atom is -0.311 e. The molecule has 0 fully saturated rings. The van der Waals surface area contributed by atoms with Crippen molar-refractivity contribution in [2.45, 2.75) is 12.7 Å². The summed E-state index contributed by atoms with van der Waals surface area (Å²) in [6.45, 7) is -0.255. The lowest BCUT2D eigenvalue weighted by Gasteiger charge is -2.11. The summed E-state index contributed by atoms with van der Waals surface area (Å²) in [5, 5.41) is 8.72. The van der Waals surface area contributed by atoms with Gasteiger partial charge in [-0.1, -0.05) is 0 Å². The highest BCUT2D eigenvalue weighted by Crippen LogP contribution is 2.28. The number of aromatic nitrogens is 1. The van der Waals surface area contributed by atoms with Gasteiger partial charge in [-0.2, -0.15) is 18.4 Å². The first-order chi connectivity index (χ1) is 9.79. The summed E-state index contributed by atoms with van der Waals surface area (Å²) in [6.07, 6.45) is -3.91. The summed E-state index contributed by atoms with van der Waals surface area (Å²) in [4.78, 5) is 11.6. The lowest BCUT2D eigenvalue weighted by molar-refractivity contribution is -0.138. The molecule has 0 aliphatic heterocycles. The van der Waals surface area contributed by atoms with Crippen molar-refractivity contribution >= 4 is 0 Å². The van der Waals surface area contributed by atoms with Gasteiger partial charge in [0.05, 0.1) is 23.7 Å². The molecule has 0 N–H and O–H groups in total. The molecule has 0 aliphatic carbocycles. The summed E-state index contributed by atoms with van der Waals surface area (Å²) in [5.41, 5.74) is -1.36. The maximum absolute atomic E-state index is 13.3. The number of hydrogen-bond donors (Lipinski definition) is 0. The van der Waals surface area contributed by atoms with Gasteiger partial charge in [0, 0.05) is 12.3 Å². The van der Waals surface area contributed by atoms with Crippen molar-refractivity contribution in [2.24, 2.45) is 0 Å². The van der Waals surface area contributed by atoms with E-state index >= 15 is 0 Å². The smallest absolute Gasteiger partial charge is 0.311 e. The van der Waals surface area contributed by atoms with Gasteiger partial charge in [-0.15, -0.1) is 0 Å². The molecule has 0 saturated heterocycles. The van der Waals surface area contributed by atoms with E-state index in [2.05, 4.69) is 0 Å². The van der Waals surface area contributed by atoms with E-state index in [0.717, 1.165) is 22.8 Å². The van der Waals surface area contributed by atoms with E-state index in [1.807, 2.05) is 0 Å². The van der Waals surface area contributed by atoms with E-state index in [9.17, 15) is 22.4 Å². The molecule has 0 saturated carbocycles. The van der Waals surface area contributed by atoms with Crippen LogP contribution in [0.3, 0.4) is 0 Å². The lowest BCUT2D eigenvalue weighted by Crippen LogP contribution is -2.22. The predicted molar refractivity (Wildman–Crippen MR) is 65.9 cm³/mol. The van der Waals surface area contributed by atoms with E-state index in [4.69, 9.17) is 5.26 Å². The fourth-order valence-electron chi connectivity index (χ4n) is 1.83. The highest BCUT2D eigenvalue weighted by atomic mass is 19.4. The molecule has 0 aliphatic rings. The third-order valence-corrected chi connectivity index (χ3v) is 2.75. The minimum atomic E-state index is -4.57. The molecule has 2 rings (SSSR count). The Hall–Kier alpha value is -2.62. The monoisotopic (exact) mass is 296 g/mol. The molecule has 1 aromatic heterocycles. The van der Waals surface area contributed by atoms with Crippen molar-refractivity contribution in [2.75, 3.05) is 0 Å². The fraction of sp³-hybridized carbons (Fsp3) is 0.143. The molecule has 21 heavy (non-hydrogen) atoms. The first-order valence-corrected chi connectivity index (χ1v) is 5.77. The van der Waals surface area contributed by atoms with Crippen LogP contribution >= 0.6 is 0 Å². The Bertz CT molecular complexity index is 772. The molecule has 3 nitrogen and oxygen atoms in total. The van der Waals surface area contributed by atoms with Crippen LogP contribution in [0.15, 0.2) is 41.3 Å². The van der Waals surface area contributed by atoms with Crippen LogP contribution in [0.5, 0.6) is 0 Å². The summed E-state index contributed by atoms with van der Waals surface area (Å²) in [6, 6.07) is 6.60. The molecule has 0 atom stereocenters. The molecular weight excluding hydrogens is 288 g/mol. The largest absolute Gasteiger partial charge is 0.417 e.